The van der Waals surface area contributed by atoms with Crippen LogP contribution in [0, 0.1) is 13.8 Å². The van der Waals surface area contributed by atoms with Gasteiger partial charge >= 0.3 is 0 Å². The van der Waals surface area contributed by atoms with Gasteiger partial charge < -0.3 is 5.73 Å². The van der Waals surface area contributed by atoms with Crippen LogP contribution in [0.5, 0.6) is 0 Å². The van der Waals surface area contributed by atoms with Crippen LogP contribution < -0.4 is 5.73 Å². The molecule has 1 aromatic carbocycles. The highest BCUT2D eigenvalue weighted by Crippen LogP contribution is 2.38. The maximum absolute atomic E-state index is 6.13. The minimum Gasteiger partial charge on any atom is -0.327 e. The van der Waals surface area contributed by atoms with E-state index in [1.165, 1.54) is 11.1 Å². The topological polar surface area (TPSA) is 38.9 Å². The smallest absolute Gasteiger partial charge is 0.150 e. The number of nitrogens with two attached hydrogens (primary N) is 1. The van der Waals surface area contributed by atoms with Gasteiger partial charge in [-0.05, 0) is 26.3 Å². The van der Waals surface area contributed by atoms with E-state index in [1.54, 1.807) is 23.1 Å². The Morgan fingerprint density at radius 3 is 2.67 bits per heavy atom. The molecule has 0 radical (unpaired) electrons. The van der Waals surface area contributed by atoms with E-state index in [0.29, 0.717) is 0 Å². The Morgan fingerprint density at radius 2 is 2.11 bits per heavy atom. The van der Waals surface area contributed by atoms with Crippen molar-refractivity contribution in [2.75, 3.05) is 0 Å². The number of benzene rings is 1. The predicted octanol–water partition coefficient (Wildman–Crippen LogP) is 3.94. The average Bonchev–Trinajstić information content (AvgIpc) is 2.71. The summed E-state index contributed by atoms with van der Waals surface area (Å²) in [6.07, 6.45) is 0. The second-order valence-electron chi connectivity index (χ2n) is 4.57. The highest BCUT2D eigenvalue weighted by atomic mass is 32.2. The number of aryl methyl sites for hydroxylation is 2. The summed E-state index contributed by atoms with van der Waals surface area (Å²) in [6, 6.07) is 8.66. The number of hydrogen-bond acceptors (Lipinski definition) is 4. The molecule has 2 unspecified atom stereocenters. The van der Waals surface area contributed by atoms with Crippen LogP contribution in [-0.4, -0.2) is 11.0 Å². The number of aromatic nitrogens is 1. The normalized spacial score (nSPS) is 14.4. The van der Waals surface area contributed by atoms with Gasteiger partial charge in [-0.15, -0.1) is 11.3 Å². The number of thioether (sulfide) groups is 1. The van der Waals surface area contributed by atoms with Crippen molar-refractivity contribution in [1.82, 2.24) is 4.98 Å². The van der Waals surface area contributed by atoms with E-state index in [0.717, 1.165) is 10.0 Å². The van der Waals surface area contributed by atoms with Gasteiger partial charge in [0, 0.05) is 17.1 Å². The fourth-order valence-electron chi connectivity index (χ4n) is 1.82. The molecule has 0 bridgehead atoms. The van der Waals surface area contributed by atoms with Crippen molar-refractivity contribution in [3.63, 3.8) is 0 Å². The molecule has 0 aliphatic carbocycles. The summed E-state index contributed by atoms with van der Waals surface area (Å²) < 4.78 is 1.09. The van der Waals surface area contributed by atoms with E-state index in [-0.39, 0.29) is 11.3 Å². The first kappa shape index (κ1) is 13.6. The lowest BCUT2D eigenvalue weighted by molar-refractivity contribution is 0.720. The van der Waals surface area contributed by atoms with Gasteiger partial charge in [0.2, 0.25) is 0 Å². The fourth-order valence-corrected chi connectivity index (χ4v) is 3.93. The number of nitrogens with zero attached hydrogens (tertiary/aromatic N) is 1. The highest BCUT2D eigenvalue weighted by molar-refractivity contribution is 8.01. The van der Waals surface area contributed by atoms with Crippen molar-refractivity contribution in [3.8, 4) is 0 Å². The maximum Gasteiger partial charge on any atom is 0.150 e. The Kier molecular flexibility index (Phi) is 4.43. The zero-order valence-electron chi connectivity index (χ0n) is 10.9. The molecule has 2 aromatic rings. The highest BCUT2D eigenvalue weighted by Gasteiger charge is 2.19. The third-order valence-electron chi connectivity index (χ3n) is 2.67. The van der Waals surface area contributed by atoms with Crippen molar-refractivity contribution >= 4 is 23.1 Å². The van der Waals surface area contributed by atoms with E-state index in [1.807, 2.05) is 6.92 Å². The van der Waals surface area contributed by atoms with Crippen LogP contribution in [0.1, 0.15) is 29.0 Å². The first-order valence-electron chi connectivity index (χ1n) is 5.97. The molecule has 2 N–H and O–H groups in total. The number of hydrogen-bond donors (Lipinski definition) is 1. The Morgan fingerprint density at radius 1 is 1.33 bits per heavy atom. The van der Waals surface area contributed by atoms with Gasteiger partial charge in [0.1, 0.15) is 0 Å². The molecule has 2 rings (SSSR count). The molecule has 0 spiro atoms. The zero-order valence-corrected chi connectivity index (χ0v) is 12.5. The molecule has 2 atom stereocenters. The van der Waals surface area contributed by atoms with Crippen LogP contribution in [0.15, 0.2) is 34.0 Å². The van der Waals surface area contributed by atoms with Crippen LogP contribution in [0.3, 0.4) is 0 Å². The SMILES string of the molecule is Cc1cccc(C(Sc2nc(C)cs2)C(C)N)c1. The van der Waals surface area contributed by atoms with Crippen LogP contribution in [0.4, 0.5) is 0 Å². The van der Waals surface area contributed by atoms with Gasteiger partial charge in [0.25, 0.3) is 0 Å². The molecule has 18 heavy (non-hydrogen) atoms. The van der Waals surface area contributed by atoms with Crippen LogP contribution in [-0.2, 0) is 0 Å². The Labute approximate surface area is 117 Å². The minimum atomic E-state index is 0.0982. The summed E-state index contributed by atoms with van der Waals surface area (Å²) in [7, 11) is 0. The minimum absolute atomic E-state index is 0.0982. The lowest BCUT2D eigenvalue weighted by Gasteiger charge is -2.19. The quantitative estimate of drug-likeness (QED) is 0.861. The Bertz CT molecular complexity index is 520. The molecule has 0 amide bonds. The summed E-state index contributed by atoms with van der Waals surface area (Å²) in [6.45, 7) is 6.19. The van der Waals surface area contributed by atoms with Gasteiger partial charge in [0.15, 0.2) is 4.34 Å². The average molecular weight is 278 g/mol. The first-order chi connectivity index (χ1) is 8.56. The monoisotopic (exact) mass is 278 g/mol. The van der Waals surface area contributed by atoms with E-state index in [2.05, 4.69) is 48.5 Å². The fraction of sp³-hybridized carbons (Fsp3) is 0.357. The largest absolute Gasteiger partial charge is 0.327 e. The molecule has 0 aliphatic rings. The number of rotatable bonds is 4. The van der Waals surface area contributed by atoms with E-state index in [4.69, 9.17) is 5.73 Å². The third-order valence-corrected chi connectivity index (χ3v) is 5.25. The van der Waals surface area contributed by atoms with Gasteiger partial charge in [-0.25, -0.2) is 4.98 Å². The predicted molar refractivity (Wildman–Crippen MR) is 80.3 cm³/mol. The number of thiazole rings is 1. The Hall–Kier alpha value is -0.840. The van der Waals surface area contributed by atoms with Crippen LogP contribution in [0.25, 0.3) is 0 Å². The molecule has 4 heteroatoms. The second kappa shape index (κ2) is 5.87. The lowest BCUT2D eigenvalue weighted by Crippen LogP contribution is -2.22. The van der Waals surface area contributed by atoms with Crippen LogP contribution >= 0.6 is 23.1 Å². The molecule has 0 saturated heterocycles. The van der Waals surface area contributed by atoms with Gasteiger partial charge in [-0.3, -0.25) is 0 Å². The standard InChI is InChI=1S/C14H18N2S2/c1-9-5-4-6-12(7-9)13(11(3)15)18-14-16-10(2)8-17-14/h4-8,11,13H,15H2,1-3H3. The summed E-state index contributed by atoms with van der Waals surface area (Å²) in [4.78, 5) is 4.51. The first-order valence-corrected chi connectivity index (χ1v) is 7.73. The Balaban J connectivity index is 2.23. The summed E-state index contributed by atoms with van der Waals surface area (Å²) in [5, 5.41) is 2.34. The molecule has 1 heterocycles. The van der Waals surface area contributed by atoms with Gasteiger partial charge in [-0.2, -0.15) is 0 Å². The van der Waals surface area contributed by atoms with Crippen molar-refractivity contribution in [2.24, 2.45) is 5.73 Å². The summed E-state index contributed by atoms with van der Waals surface area (Å²) >= 11 is 3.45. The molecule has 0 saturated carbocycles. The van der Waals surface area contributed by atoms with Crippen molar-refractivity contribution in [2.45, 2.75) is 36.4 Å². The summed E-state index contributed by atoms with van der Waals surface area (Å²) in [5.74, 6) is 0. The molecule has 0 aliphatic heterocycles. The van der Waals surface area contributed by atoms with Gasteiger partial charge in [0.05, 0.1) is 5.25 Å². The van der Waals surface area contributed by atoms with E-state index >= 15 is 0 Å². The second-order valence-corrected chi connectivity index (χ2v) is 6.81. The van der Waals surface area contributed by atoms with E-state index < -0.39 is 0 Å². The van der Waals surface area contributed by atoms with Crippen molar-refractivity contribution in [3.05, 3.63) is 46.5 Å². The molecule has 96 valence electrons. The van der Waals surface area contributed by atoms with Gasteiger partial charge in [-0.1, -0.05) is 41.6 Å². The molecule has 2 nitrogen and oxygen atoms in total. The molecular formula is C14H18N2S2. The zero-order chi connectivity index (χ0) is 13.1. The molecular weight excluding hydrogens is 260 g/mol. The van der Waals surface area contributed by atoms with Crippen molar-refractivity contribution in [1.29, 1.82) is 0 Å². The molecule has 1 aromatic heterocycles. The lowest BCUT2D eigenvalue weighted by atomic mass is 10.0. The van der Waals surface area contributed by atoms with Crippen molar-refractivity contribution < 1.29 is 0 Å². The summed E-state index contributed by atoms with van der Waals surface area (Å²) in [5.41, 5.74) is 9.76. The van der Waals surface area contributed by atoms with Crippen LogP contribution in [0.2, 0.25) is 0 Å². The molecule has 0 fully saturated rings. The van der Waals surface area contributed by atoms with E-state index in [9.17, 15) is 0 Å². The third kappa shape index (κ3) is 3.34. The maximum atomic E-state index is 6.13.